The van der Waals surface area contributed by atoms with E-state index in [0.717, 1.165) is 48.9 Å². The lowest BCUT2D eigenvalue weighted by Gasteiger charge is -2.33. The molecule has 1 aliphatic heterocycles. The third-order valence-electron chi connectivity index (χ3n) is 4.73. The summed E-state index contributed by atoms with van der Waals surface area (Å²) in [5.41, 5.74) is 2.23. The summed E-state index contributed by atoms with van der Waals surface area (Å²) in [5.74, 6) is 1.90. The number of anilines is 1. The Kier molecular flexibility index (Phi) is 5.83. The number of hydrogen-bond acceptors (Lipinski definition) is 5. The van der Waals surface area contributed by atoms with E-state index in [-0.39, 0.29) is 0 Å². The fourth-order valence-corrected chi connectivity index (χ4v) is 3.12. The van der Waals surface area contributed by atoms with Crippen molar-refractivity contribution >= 4 is 12.0 Å². The summed E-state index contributed by atoms with van der Waals surface area (Å²) < 4.78 is 5.83. The van der Waals surface area contributed by atoms with Gasteiger partial charge in [-0.3, -0.25) is 5.01 Å². The summed E-state index contributed by atoms with van der Waals surface area (Å²) in [5, 5.41) is 6.74. The lowest BCUT2D eigenvalue weighted by Crippen LogP contribution is -2.44. The minimum Gasteiger partial charge on any atom is -0.489 e. The molecule has 0 atom stereocenters. The molecule has 2 heterocycles. The molecule has 1 aliphatic rings. The van der Waals surface area contributed by atoms with Gasteiger partial charge in [-0.15, -0.1) is 0 Å². The molecule has 1 fully saturated rings. The average molecular weight is 372 g/mol. The molecule has 5 nitrogen and oxygen atoms in total. The van der Waals surface area contributed by atoms with Gasteiger partial charge < -0.3 is 9.64 Å². The molecule has 0 amide bonds. The van der Waals surface area contributed by atoms with Gasteiger partial charge in [0.05, 0.1) is 19.3 Å². The summed E-state index contributed by atoms with van der Waals surface area (Å²) in [6.45, 7) is 4.23. The zero-order chi connectivity index (χ0) is 19.0. The number of hydrazone groups is 1. The Bertz CT molecular complexity index is 873. The molecule has 1 saturated heterocycles. The quantitative estimate of drug-likeness (QED) is 0.617. The Morgan fingerprint density at radius 3 is 2.32 bits per heavy atom. The van der Waals surface area contributed by atoms with Crippen molar-refractivity contribution in [3.63, 3.8) is 0 Å². The van der Waals surface area contributed by atoms with Crippen LogP contribution < -0.4 is 9.64 Å². The first kappa shape index (κ1) is 18.0. The van der Waals surface area contributed by atoms with Crippen LogP contribution in [0.5, 0.6) is 5.75 Å². The van der Waals surface area contributed by atoms with Crippen LogP contribution >= 0.6 is 0 Å². The van der Waals surface area contributed by atoms with Gasteiger partial charge in [0.1, 0.15) is 18.2 Å². The van der Waals surface area contributed by atoms with Crippen molar-refractivity contribution in [2.45, 2.75) is 6.61 Å². The number of piperazine rings is 1. The zero-order valence-corrected chi connectivity index (χ0v) is 15.8. The molecule has 0 spiro atoms. The number of pyridine rings is 1. The topological polar surface area (TPSA) is 41.0 Å². The van der Waals surface area contributed by atoms with Gasteiger partial charge in [0.2, 0.25) is 0 Å². The van der Waals surface area contributed by atoms with Crippen LogP contribution in [0.25, 0.3) is 0 Å². The third kappa shape index (κ3) is 4.88. The number of hydrogen-bond donors (Lipinski definition) is 0. The average Bonchev–Trinajstić information content (AvgIpc) is 2.79. The fourth-order valence-electron chi connectivity index (χ4n) is 3.12. The first-order chi connectivity index (χ1) is 13.9. The van der Waals surface area contributed by atoms with Crippen LogP contribution in [-0.2, 0) is 6.61 Å². The van der Waals surface area contributed by atoms with Gasteiger partial charge in [-0.1, -0.05) is 36.4 Å². The van der Waals surface area contributed by atoms with Gasteiger partial charge in [0, 0.05) is 19.3 Å². The van der Waals surface area contributed by atoms with E-state index in [1.807, 2.05) is 67.0 Å². The van der Waals surface area contributed by atoms with Crippen molar-refractivity contribution in [1.82, 2.24) is 9.99 Å². The van der Waals surface area contributed by atoms with Crippen LogP contribution in [0.4, 0.5) is 5.82 Å². The van der Waals surface area contributed by atoms with E-state index >= 15 is 0 Å². The molecule has 142 valence electrons. The number of aromatic nitrogens is 1. The monoisotopic (exact) mass is 372 g/mol. The predicted molar refractivity (Wildman–Crippen MR) is 113 cm³/mol. The summed E-state index contributed by atoms with van der Waals surface area (Å²) in [6.07, 6.45) is 3.75. The fraction of sp³-hybridized carbons (Fsp3) is 0.217. The van der Waals surface area contributed by atoms with Crippen molar-refractivity contribution < 1.29 is 4.74 Å². The maximum Gasteiger partial charge on any atom is 0.128 e. The summed E-state index contributed by atoms with van der Waals surface area (Å²) in [7, 11) is 0. The number of benzene rings is 2. The first-order valence-electron chi connectivity index (χ1n) is 9.58. The zero-order valence-electron chi connectivity index (χ0n) is 15.8. The number of ether oxygens (including phenoxy) is 1. The number of rotatable bonds is 6. The van der Waals surface area contributed by atoms with Crippen LogP contribution in [0.3, 0.4) is 0 Å². The molecule has 3 aromatic rings. The Morgan fingerprint density at radius 2 is 1.61 bits per heavy atom. The van der Waals surface area contributed by atoms with E-state index < -0.39 is 0 Å². The first-order valence-corrected chi connectivity index (χ1v) is 9.58. The van der Waals surface area contributed by atoms with Crippen LogP contribution in [-0.4, -0.2) is 42.4 Å². The van der Waals surface area contributed by atoms with E-state index in [4.69, 9.17) is 4.74 Å². The number of nitrogens with zero attached hydrogens (tertiary/aromatic N) is 4. The standard InChI is InChI=1S/C23H24N4O/c1-2-6-21(7-3-1)19-28-22-11-9-20(10-12-22)18-25-27-16-14-26(15-17-27)23-8-4-5-13-24-23/h1-13,18H,14-17,19H2/b25-18-. The second-order valence-corrected chi connectivity index (χ2v) is 6.72. The normalized spacial score (nSPS) is 14.4. The van der Waals surface area contributed by atoms with E-state index in [9.17, 15) is 0 Å². The maximum absolute atomic E-state index is 5.83. The SMILES string of the molecule is C(=N/N1CCN(c2ccccn2)CC1)/c1ccc(OCc2ccccc2)cc1. The minimum absolute atomic E-state index is 0.578. The molecular weight excluding hydrogens is 348 g/mol. The highest BCUT2D eigenvalue weighted by atomic mass is 16.5. The molecule has 2 aromatic carbocycles. The molecule has 0 saturated carbocycles. The van der Waals surface area contributed by atoms with Crippen molar-refractivity contribution in [3.8, 4) is 5.75 Å². The second kappa shape index (κ2) is 9.04. The summed E-state index contributed by atoms with van der Waals surface area (Å²) in [6, 6.07) is 24.3. The molecular formula is C23H24N4O. The van der Waals surface area contributed by atoms with Crippen molar-refractivity contribution in [1.29, 1.82) is 0 Å². The maximum atomic E-state index is 5.83. The van der Waals surface area contributed by atoms with E-state index in [2.05, 4.69) is 38.2 Å². The van der Waals surface area contributed by atoms with Gasteiger partial charge >= 0.3 is 0 Å². The van der Waals surface area contributed by atoms with Gasteiger partial charge in [-0.05, 0) is 47.5 Å². The van der Waals surface area contributed by atoms with E-state index in [1.165, 1.54) is 0 Å². The summed E-state index contributed by atoms with van der Waals surface area (Å²) in [4.78, 5) is 6.72. The Labute approximate surface area is 165 Å². The predicted octanol–water partition coefficient (Wildman–Crippen LogP) is 3.82. The molecule has 1 aromatic heterocycles. The van der Waals surface area contributed by atoms with Crippen LogP contribution in [0.2, 0.25) is 0 Å². The van der Waals surface area contributed by atoms with Crippen LogP contribution in [0.15, 0.2) is 84.1 Å². The van der Waals surface area contributed by atoms with Gasteiger partial charge in [0.15, 0.2) is 0 Å². The molecule has 0 aliphatic carbocycles. The van der Waals surface area contributed by atoms with E-state index in [1.54, 1.807) is 0 Å². The third-order valence-corrected chi connectivity index (χ3v) is 4.73. The van der Waals surface area contributed by atoms with Crippen molar-refractivity contribution in [3.05, 3.63) is 90.1 Å². The largest absolute Gasteiger partial charge is 0.489 e. The second-order valence-electron chi connectivity index (χ2n) is 6.72. The Balaban J connectivity index is 1.26. The lowest BCUT2D eigenvalue weighted by atomic mass is 10.2. The van der Waals surface area contributed by atoms with Crippen molar-refractivity contribution in [2.75, 3.05) is 31.1 Å². The summed E-state index contributed by atoms with van der Waals surface area (Å²) >= 11 is 0. The molecule has 4 rings (SSSR count). The van der Waals surface area contributed by atoms with Gasteiger partial charge in [-0.25, -0.2) is 4.98 Å². The van der Waals surface area contributed by atoms with Gasteiger partial charge in [-0.2, -0.15) is 5.10 Å². The van der Waals surface area contributed by atoms with Crippen molar-refractivity contribution in [2.24, 2.45) is 5.10 Å². The molecule has 0 unspecified atom stereocenters. The highest BCUT2D eigenvalue weighted by molar-refractivity contribution is 5.79. The Morgan fingerprint density at radius 1 is 0.857 bits per heavy atom. The lowest BCUT2D eigenvalue weighted by molar-refractivity contribution is 0.271. The molecule has 0 bridgehead atoms. The van der Waals surface area contributed by atoms with Crippen LogP contribution in [0, 0.1) is 0 Å². The van der Waals surface area contributed by atoms with Gasteiger partial charge in [0.25, 0.3) is 0 Å². The molecule has 0 radical (unpaired) electrons. The Hall–Kier alpha value is -3.34. The smallest absolute Gasteiger partial charge is 0.128 e. The van der Waals surface area contributed by atoms with E-state index in [0.29, 0.717) is 6.61 Å². The molecule has 0 N–H and O–H groups in total. The highest BCUT2D eigenvalue weighted by Crippen LogP contribution is 2.15. The molecule has 5 heteroatoms. The minimum atomic E-state index is 0.578. The van der Waals surface area contributed by atoms with Crippen LogP contribution in [0.1, 0.15) is 11.1 Å². The highest BCUT2D eigenvalue weighted by Gasteiger charge is 2.16. The molecule has 28 heavy (non-hydrogen) atoms.